The van der Waals surface area contributed by atoms with Gasteiger partial charge in [0.25, 0.3) is 0 Å². The van der Waals surface area contributed by atoms with E-state index in [4.69, 9.17) is 7.85 Å². The third-order valence-corrected chi connectivity index (χ3v) is 2.41. The Balaban J connectivity index is 0.000000574. The number of nitrogens with zero attached hydrogens (tertiary/aromatic N) is 5. The molecule has 0 spiro atoms. The lowest BCUT2D eigenvalue weighted by Crippen LogP contribution is -2.09. The molecule has 6 heteroatoms. The third kappa shape index (κ3) is 2.14. The molecule has 3 aromatic rings. The fourth-order valence-electron chi connectivity index (χ4n) is 1.60. The van der Waals surface area contributed by atoms with Gasteiger partial charge in [0.05, 0.1) is 11.9 Å². The Morgan fingerprint density at radius 2 is 2.00 bits per heavy atom. The standard InChI is InChI=1S/C10H8BN5.C2H6/c1-15-6-7(4-13-15)8-2-3-16-9(11)5-12-10(16)14-8;1-2/h2-6H,1H3;1-2H3. The highest BCUT2D eigenvalue weighted by Gasteiger charge is 2.05. The second-order valence-electron chi connectivity index (χ2n) is 3.57. The number of aryl methyl sites for hydroxylation is 1. The van der Waals surface area contributed by atoms with E-state index in [1.807, 2.05) is 39.4 Å². The highest BCUT2D eigenvalue weighted by atomic mass is 15.2. The summed E-state index contributed by atoms with van der Waals surface area (Å²) in [5, 5.41) is 4.10. The molecule has 0 saturated heterocycles. The van der Waals surface area contributed by atoms with Crippen LogP contribution < -0.4 is 5.59 Å². The van der Waals surface area contributed by atoms with Gasteiger partial charge in [-0.1, -0.05) is 13.8 Å². The zero-order chi connectivity index (χ0) is 13.1. The van der Waals surface area contributed by atoms with Gasteiger partial charge in [-0.05, 0) is 11.7 Å². The van der Waals surface area contributed by atoms with Crippen molar-refractivity contribution in [3.05, 3.63) is 30.9 Å². The first kappa shape index (κ1) is 12.4. The fourth-order valence-corrected chi connectivity index (χ4v) is 1.60. The summed E-state index contributed by atoms with van der Waals surface area (Å²) in [6, 6.07) is 1.89. The molecule has 0 aliphatic heterocycles. The molecular weight excluding hydrogens is 225 g/mol. The van der Waals surface area contributed by atoms with Gasteiger partial charge in [-0.15, -0.1) is 0 Å². The molecule has 0 amide bonds. The molecular formula is C12H14BN5. The largest absolute Gasteiger partial charge is 0.299 e. The molecule has 0 atom stereocenters. The van der Waals surface area contributed by atoms with Gasteiger partial charge in [0.1, 0.15) is 7.85 Å². The van der Waals surface area contributed by atoms with Crippen LogP contribution in [0.25, 0.3) is 17.0 Å². The summed E-state index contributed by atoms with van der Waals surface area (Å²) in [6.45, 7) is 4.00. The predicted octanol–water partition coefficient (Wildman–Crippen LogP) is 0.950. The van der Waals surface area contributed by atoms with E-state index in [2.05, 4.69) is 15.1 Å². The van der Waals surface area contributed by atoms with Gasteiger partial charge >= 0.3 is 0 Å². The van der Waals surface area contributed by atoms with Crippen molar-refractivity contribution < 1.29 is 0 Å². The van der Waals surface area contributed by atoms with E-state index in [9.17, 15) is 0 Å². The molecule has 3 heterocycles. The van der Waals surface area contributed by atoms with Crippen LogP contribution in [0.15, 0.2) is 30.9 Å². The SMILES string of the molecule is CC.[B]c1cnc2nc(-c3cnn(C)c3)ccn12. The molecule has 0 saturated carbocycles. The van der Waals surface area contributed by atoms with Crippen molar-refractivity contribution in [1.82, 2.24) is 24.1 Å². The lowest BCUT2D eigenvalue weighted by molar-refractivity contribution is 0.768. The second-order valence-corrected chi connectivity index (χ2v) is 3.57. The highest BCUT2D eigenvalue weighted by Crippen LogP contribution is 2.15. The lowest BCUT2D eigenvalue weighted by atomic mass is 10.1. The maximum absolute atomic E-state index is 5.71. The van der Waals surface area contributed by atoms with Crippen LogP contribution >= 0.6 is 0 Å². The van der Waals surface area contributed by atoms with Crippen LogP contribution in [0.3, 0.4) is 0 Å². The molecule has 0 unspecified atom stereocenters. The van der Waals surface area contributed by atoms with Crippen LogP contribution in [0.2, 0.25) is 0 Å². The summed E-state index contributed by atoms with van der Waals surface area (Å²) in [6.07, 6.45) is 7.12. The molecule has 18 heavy (non-hydrogen) atoms. The number of rotatable bonds is 1. The quantitative estimate of drug-likeness (QED) is 0.594. The van der Waals surface area contributed by atoms with Gasteiger partial charge in [0.2, 0.25) is 5.78 Å². The molecule has 90 valence electrons. The summed E-state index contributed by atoms with van der Waals surface area (Å²) in [5.74, 6) is 0.596. The van der Waals surface area contributed by atoms with E-state index >= 15 is 0 Å². The topological polar surface area (TPSA) is 48.0 Å². The molecule has 5 nitrogen and oxygen atoms in total. The lowest BCUT2D eigenvalue weighted by Gasteiger charge is -1.98. The Hall–Kier alpha value is -2.11. The monoisotopic (exact) mass is 239 g/mol. The zero-order valence-electron chi connectivity index (χ0n) is 10.7. The molecule has 0 fully saturated rings. The summed E-state index contributed by atoms with van der Waals surface area (Å²) in [7, 11) is 7.58. The van der Waals surface area contributed by atoms with Gasteiger partial charge in [-0.3, -0.25) is 9.08 Å². The number of hydrogen-bond donors (Lipinski definition) is 0. The van der Waals surface area contributed by atoms with Crippen molar-refractivity contribution in [2.75, 3.05) is 0 Å². The third-order valence-electron chi connectivity index (χ3n) is 2.41. The van der Waals surface area contributed by atoms with Gasteiger partial charge in [0, 0.05) is 31.2 Å². The smallest absolute Gasteiger partial charge is 0.233 e. The Bertz CT molecular complexity index is 655. The number of fused-ring (bicyclic) bond motifs is 1. The normalized spacial score (nSPS) is 10.2. The minimum absolute atomic E-state index is 0.584. The van der Waals surface area contributed by atoms with E-state index in [-0.39, 0.29) is 0 Å². The summed E-state index contributed by atoms with van der Waals surface area (Å²) >= 11 is 0. The van der Waals surface area contributed by atoms with E-state index in [1.165, 1.54) is 0 Å². The van der Waals surface area contributed by atoms with Gasteiger partial charge in [0.15, 0.2) is 0 Å². The number of aromatic nitrogens is 5. The van der Waals surface area contributed by atoms with Crippen molar-refractivity contribution in [3.8, 4) is 11.3 Å². The van der Waals surface area contributed by atoms with Gasteiger partial charge in [-0.2, -0.15) is 5.10 Å². The number of imidazole rings is 1. The summed E-state index contributed by atoms with van der Waals surface area (Å²) < 4.78 is 3.47. The van der Waals surface area contributed by atoms with Crippen molar-refractivity contribution in [2.45, 2.75) is 13.8 Å². The minimum Gasteiger partial charge on any atom is -0.299 e. The Morgan fingerprint density at radius 1 is 1.22 bits per heavy atom. The number of hydrogen-bond acceptors (Lipinski definition) is 3. The first-order chi connectivity index (χ1) is 8.74. The molecule has 0 aliphatic rings. The average molecular weight is 239 g/mol. The maximum Gasteiger partial charge on any atom is 0.233 e. The minimum atomic E-state index is 0.584. The molecule has 0 N–H and O–H groups in total. The maximum atomic E-state index is 5.71. The first-order valence-corrected chi connectivity index (χ1v) is 5.82. The van der Waals surface area contributed by atoms with Crippen molar-refractivity contribution in [3.63, 3.8) is 0 Å². The summed E-state index contributed by atoms with van der Waals surface area (Å²) in [4.78, 5) is 8.51. The van der Waals surface area contributed by atoms with E-state index in [0.29, 0.717) is 11.4 Å². The Labute approximate surface area is 107 Å². The molecule has 0 aromatic carbocycles. The van der Waals surface area contributed by atoms with Crippen LogP contribution in [0.4, 0.5) is 0 Å². The molecule has 0 aliphatic carbocycles. The first-order valence-electron chi connectivity index (χ1n) is 5.82. The zero-order valence-corrected chi connectivity index (χ0v) is 10.7. The molecule has 3 rings (SSSR count). The van der Waals surface area contributed by atoms with Crippen LogP contribution in [-0.2, 0) is 7.05 Å². The van der Waals surface area contributed by atoms with E-state index < -0.39 is 0 Å². The average Bonchev–Trinajstić information content (AvgIpc) is 2.99. The van der Waals surface area contributed by atoms with Gasteiger partial charge in [-0.25, -0.2) is 9.97 Å². The van der Waals surface area contributed by atoms with E-state index in [1.54, 1.807) is 21.5 Å². The van der Waals surface area contributed by atoms with Gasteiger partial charge < -0.3 is 0 Å². The van der Waals surface area contributed by atoms with Crippen molar-refractivity contribution in [1.29, 1.82) is 0 Å². The van der Waals surface area contributed by atoms with Crippen LogP contribution in [0, 0.1) is 0 Å². The summed E-state index contributed by atoms with van der Waals surface area (Å²) in [5.41, 5.74) is 2.39. The van der Waals surface area contributed by atoms with Crippen LogP contribution in [-0.4, -0.2) is 32.0 Å². The highest BCUT2D eigenvalue weighted by molar-refractivity contribution is 6.31. The van der Waals surface area contributed by atoms with Crippen molar-refractivity contribution >= 4 is 19.2 Å². The predicted molar refractivity (Wildman–Crippen MR) is 71.9 cm³/mol. The van der Waals surface area contributed by atoms with E-state index in [0.717, 1.165) is 11.3 Å². The fraction of sp³-hybridized carbons (Fsp3) is 0.250. The Morgan fingerprint density at radius 3 is 2.67 bits per heavy atom. The molecule has 3 aromatic heterocycles. The van der Waals surface area contributed by atoms with Crippen LogP contribution in [0.5, 0.6) is 0 Å². The molecule has 0 bridgehead atoms. The van der Waals surface area contributed by atoms with Crippen molar-refractivity contribution in [2.24, 2.45) is 7.05 Å². The Kier molecular flexibility index (Phi) is 3.46. The molecule has 2 radical (unpaired) electrons. The van der Waals surface area contributed by atoms with Crippen LogP contribution in [0.1, 0.15) is 13.8 Å². The second kappa shape index (κ2) is 5.04.